The first-order chi connectivity index (χ1) is 10.2. The lowest BCUT2D eigenvalue weighted by Gasteiger charge is -2.01. The number of nitrogens with zero attached hydrogens (tertiary/aromatic N) is 4. The van der Waals surface area contributed by atoms with E-state index in [1.54, 1.807) is 18.2 Å². The molecule has 0 radical (unpaired) electrons. The van der Waals surface area contributed by atoms with Crippen molar-refractivity contribution < 1.29 is 9.37 Å². The first-order valence-corrected chi connectivity index (χ1v) is 5.82. The van der Waals surface area contributed by atoms with Crippen LogP contribution in [0.25, 0.3) is 0 Å². The number of benzene rings is 1. The predicted molar refractivity (Wildman–Crippen MR) is 77.8 cm³/mol. The van der Waals surface area contributed by atoms with Gasteiger partial charge in [-0.25, -0.2) is 4.63 Å². The second kappa shape index (κ2) is 6.72. The number of aromatic nitrogens is 2. The summed E-state index contributed by atoms with van der Waals surface area (Å²) in [4.78, 5) is 0. The van der Waals surface area contributed by atoms with E-state index in [2.05, 4.69) is 31.1 Å². The molecule has 0 aliphatic heterocycles. The summed E-state index contributed by atoms with van der Waals surface area (Å²) in [6, 6.07) is 7.18. The number of nitrogen functional groups attached to an aromatic ring is 1. The lowest BCUT2D eigenvalue weighted by atomic mass is 10.2. The lowest BCUT2D eigenvalue weighted by molar-refractivity contribution is 0.308. The van der Waals surface area contributed by atoms with E-state index >= 15 is 0 Å². The molecule has 0 fully saturated rings. The van der Waals surface area contributed by atoms with E-state index in [1.807, 2.05) is 6.07 Å². The van der Waals surface area contributed by atoms with Crippen molar-refractivity contribution in [3.8, 4) is 18.1 Å². The highest BCUT2D eigenvalue weighted by atomic mass is 16.6. The highest BCUT2D eigenvalue weighted by molar-refractivity contribution is 5.99. The Morgan fingerprint density at radius 2 is 2.33 bits per heavy atom. The molecular formula is C13H12N6O2. The number of nitrogens with two attached hydrogens (primary N) is 2. The molecule has 8 heteroatoms. The molecule has 0 unspecified atom stereocenters. The van der Waals surface area contributed by atoms with E-state index in [-0.39, 0.29) is 24.0 Å². The van der Waals surface area contributed by atoms with Gasteiger partial charge >= 0.3 is 0 Å². The fraction of sp³-hybridized carbons (Fsp3) is 0.0769. The molecule has 4 N–H and O–H groups in total. The average Bonchev–Trinajstić information content (AvgIpc) is 2.92. The smallest absolute Gasteiger partial charge is 0.199 e. The molecule has 1 aromatic heterocycles. The molecule has 0 atom stereocenters. The zero-order valence-corrected chi connectivity index (χ0v) is 10.9. The summed E-state index contributed by atoms with van der Waals surface area (Å²) in [6.07, 6.45) is 6.62. The molecule has 1 aromatic carbocycles. The van der Waals surface area contributed by atoms with Crippen LogP contribution in [-0.4, -0.2) is 29.0 Å². The monoisotopic (exact) mass is 284 g/mol. The summed E-state index contributed by atoms with van der Waals surface area (Å²) >= 11 is 0. The summed E-state index contributed by atoms with van der Waals surface area (Å²) in [5, 5.41) is 14.5. The van der Waals surface area contributed by atoms with Crippen molar-refractivity contribution in [2.24, 2.45) is 15.9 Å². The van der Waals surface area contributed by atoms with Gasteiger partial charge in [-0.1, -0.05) is 18.1 Å². The van der Waals surface area contributed by atoms with Crippen LogP contribution >= 0.6 is 0 Å². The van der Waals surface area contributed by atoms with E-state index in [1.165, 1.54) is 6.21 Å². The van der Waals surface area contributed by atoms with Gasteiger partial charge in [0.05, 0.1) is 6.21 Å². The van der Waals surface area contributed by atoms with Crippen LogP contribution in [0.4, 0.5) is 5.82 Å². The minimum atomic E-state index is 0.00439. The van der Waals surface area contributed by atoms with Crippen LogP contribution in [0.2, 0.25) is 0 Å². The Balaban J connectivity index is 2.08. The summed E-state index contributed by atoms with van der Waals surface area (Å²) in [5.41, 5.74) is 12.0. The van der Waals surface area contributed by atoms with Gasteiger partial charge in [-0.05, 0) is 28.0 Å². The first kappa shape index (κ1) is 14.1. The van der Waals surface area contributed by atoms with Crippen LogP contribution in [0.5, 0.6) is 5.75 Å². The van der Waals surface area contributed by atoms with Gasteiger partial charge in [0, 0.05) is 0 Å². The van der Waals surface area contributed by atoms with Crippen LogP contribution in [-0.2, 0) is 0 Å². The molecule has 8 nitrogen and oxygen atoms in total. The Hall–Kier alpha value is -3.34. The number of hydrogen-bond acceptors (Lipinski definition) is 7. The van der Waals surface area contributed by atoms with Crippen molar-refractivity contribution in [2.75, 3.05) is 12.3 Å². The maximum atomic E-state index is 5.65. The molecule has 21 heavy (non-hydrogen) atoms. The third kappa shape index (κ3) is 3.81. The van der Waals surface area contributed by atoms with Gasteiger partial charge in [0.15, 0.2) is 17.3 Å². The maximum Gasteiger partial charge on any atom is 0.199 e. The van der Waals surface area contributed by atoms with Crippen molar-refractivity contribution in [1.82, 2.24) is 10.3 Å². The van der Waals surface area contributed by atoms with E-state index in [9.17, 15) is 0 Å². The fourth-order valence-electron chi connectivity index (χ4n) is 1.39. The predicted octanol–water partition coefficient (Wildman–Crippen LogP) is 0.403. The first-order valence-electron chi connectivity index (χ1n) is 5.82. The van der Waals surface area contributed by atoms with Gasteiger partial charge in [0.2, 0.25) is 0 Å². The van der Waals surface area contributed by atoms with E-state index in [0.717, 1.165) is 5.56 Å². The number of amidine groups is 1. The molecule has 0 saturated heterocycles. The Kier molecular flexibility index (Phi) is 4.50. The van der Waals surface area contributed by atoms with E-state index in [0.29, 0.717) is 5.75 Å². The van der Waals surface area contributed by atoms with Crippen LogP contribution in [0.3, 0.4) is 0 Å². The second-order valence-corrected chi connectivity index (χ2v) is 3.79. The average molecular weight is 284 g/mol. The SMILES string of the molecule is C#CCOc1cccc(/C=N/N=C(\N)c2nonc2N)c1. The fourth-order valence-corrected chi connectivity index (χ4v) is 1.39. The molecule has 2 aromatic rings. The molecule has 0 aliphatic rings. The van der Waals surface area contributed by atoms with Gasteiger partial charge in [0.1, 0.15) is 12.4 Å². The van der Waals surface area contributed by atoms with Crippen molar-refractivity contribution in [3.05, 3.63) is 35.5 Å². The highest BCUT2D eigenvalue weighted by Crippen LogP contribution is 2.11. The number of anilines is 1. The molecule has 0 amide bonds. The van der Waals surface area contributed by atoms with Crippen LogP contribution in [0.1, 0.15) is 11.3 Å². The van der Waals surface area contributed by atoms with Gasteiger partial charge in [0.25, 0.3) is 0 Å². The molecule has 1 heterocycles. The molecule has 2 rings (SSSR count). The largest absolute Gasteiger partial charge is 0.481 e. The molecule has 0 saturated carbocycles. The van der Waals surface area contributed by atoms with Crippen LogP contribution in [0, 0.1) is 12.3 Å². The molecule has 0 bridgehead atoms. The Morgan fingerprint density at radius 3 is 3.05 bits per heavy atom. The lowest BCUT2D eigenvalue weighted by Crippen LogP contribution is -2.15. The Morgan fingerprint density at radius 1 is 1.48 bits per heavy atom. The maximum absolute atomic E-state index is 5.65. The second-order valence-electron chi connectivity index (χ2n) is 3.79. The number of terminal acetylenes is 1. The van der Waals surface area contributed by atoms with Gasteiger partial charge in [-0.2, -0.15) is 5.10 Å². The van der Waals surface area contributed by atoms with Gasteiger partial charge < -0.3 is 16.2 Å². The van der Waals surface area contributed by atoms with Crippen molar-refractivity contribution >= 4 is 17.9 Å². The summed E-state index contributed by atoms with van der Waals surface area (Å²) in [6.45, 7) is 0.199. The van der Waals surface area contributed by atoms with E-state index < -0.39 is 0 Å². The molecule has 106 valence electrons. The Bertz CT molecular complexity index is 713. The van der Waals surface area contributed by atoms with Crippen LogP contribution in [0.15, 0.2) is 39.1 Å². The number of hydrogen-bond donors (Lipinski definition) is 2. The number of rotatable bonds is 5. The zero-order chi connectivity index (χ0) is 15.1. The molecular weight excluding hydrogens is 272 g/mol. The van der Waals surface area contributed by atoms with Gasteiger partial charge in [-0.15, -0.1) is 11.5 Å². The van der Waals surface area contributed by atoms with Crippen molar-refractivity contribution in [2.45, 2.75) is 0 Å². The summed E-state index contributed by atoms with van der Waals surface area (Å²) in [7, 11) is 0. The molecule has 0 spiro atoms. The molecule has 0 aliphatic carbocycles. The standard InChI is InChI=1S/C13H12N6O2/c1-2-6-20-10-5-3-4-9(7-10)8-16-17-12(14)11-13(15)19-21-18-11/h1,3-5,7-8H,6H2,(H2,14,17)(H2,15,19)/b16-8+. The van der Waals surface area contributed by atoms with Crippen LogP contribution < -0.4 is 16.2 Å². The quantitative estimate of drug-likeness (QED) is 0.354. The number of ether oxygens (including phenoxy) is 1. The van der Waals surface area contributed by atoms with Crippen molar-refractivity contribution in [1.29, 1.82) is 0 Å². The summed E-state index contributed by atoms with van der Waals surface area (Å²) in [5.74, 6) is 3.08. The topological polar surface area (TPSA) is 125 Å². The van der Waals surface area contributed by atoms with Crippen molar-refractivity contribution in [3.63, 3.8) is 0 Å². The minimum Gasteiger partial charge on any atom is -0.481 e. The normalized spacial score (nSPS) is 11.5. The third-order valence-electron chi connectivity index (χ3n) is 2.31. The zero-order valence-electron chi connectivity index (χ0n) is 10.9. The Labute approximate surface area is 120 Å². The highest BCUT2D eigenvalue weighted by Gasteiger charge is 2.09. The van der Waals surface area contributed by atoms with Gasteiger partial charge in [-0.3, -0.25) is 0 Å². The van der Waals surface area contributed by atoms with E-state index in [4.69, 9.17) is 22.6 Å². The minimum absolute atomic E-state index is 0.00439. The third-order valence-corrected chi connectivity index (χ3v) is 2.31. The summed E-state index contributed by atoms with van der Waals surface area (Å²) < 4.78 is 9.71.